The molecule has 3 rings (SSSR count). The molecule has 1 saturated heterocycles. The minimum Gasteiger partial charge on any atom is -0.379 e. The molecule has 0 aliphatic carbocycles. The quantitative estimate of drug-likeness (QED) is 0.560. The van der Waals surface area contributed by atoms with Crippen LogP contribution in [0, 0.1) is 0 Å². The Hall–Kier alpha value is -1.39. The van der Waals surface area contributed by atoms with Crippen LogP contribution < -0.4 is 9.86 Å². The highest BCUT2D eigenvalue weighted by atomic mass is 32.2. The van der Waals surface area contributed by atoms with E-state index in [0.717, 1.165) is 35.6 Å². The monoisotopic (exact) mass is 481 g/mol. The summed E-state index contributed by atoms with van der Waals surface area (Å²) in [4.78, 5) is 0.178. The van der Waals surface area contributed by atoms with Crippen LogP contribution in [0.5, 0.6) is 0 Å². The van der Waals surface area contributed by atoms with Gasteiger partial charge in [0.15, 0.2) is 0 Å². The van der Waals surface area contributed by atoms with Crippen LogP contribution >= 0.6 is 11.3 Å². The number of ether oxygens (including phenoxy) is 1. The molecule has 29 heavy (non-hydrogen) atoms. The molecule has 1 aromatic heterocycles. The summed E-state index contributed by atoms with van der Waals surface area (Å²) in [7, 11) is -11.5. The Bertz CT molecular complexity index is 1180. The van der Waals surface area contributed by atoms with E-state index in [9.17, 15) is 25.3 Å². The first-order valence-electron chi connectivity index (χ1n) is 8.29. The van der Waals surface area contributed by atoms with Crippen molar-refractivity contribution in [2.24, 2.45) is 5.14 Å². The molecule has 1 aliphatic rings. The Labute approximate surface area is 173 Å². The maximum atomic E-state index is 12.6. The molecule has 1 aliphatic heterocycles. The number of nitrogens with two attached hydrogens (primary N) is 1. The predicted octanol–water partition coefficient (Wildman–Crippen LogP) is -0.105. The van der Waals surface area contributed by atoms with Gasteiger partial charge in [0.25, 0.3) is 10.0 Å². The van der Waals surface area contributed by atoms with E-state index in [2.05, 4.69) is 4.72 Å². The summed E-state index contributed by atoms with van der Waals surface area (Å²) in [6.07, 6.45) is 0. The molecule has 0 bridgehead atoms. The van der Waals surface area contributed by atoms with Crippen LogP contribution in [0.1, 0.15) is 4.88 Å². The topological polar surface area (TPSA) is 153 Å². The van der Waals surface area contributed by atoms with Gasteiger partial charge < -0.3 is 4.74 Å². The number of morpholine rings is 1. The van der Waals surface area contributed by atoms with Gasteiger partial charge >= 0.3 is 0 Å². The molecular formula is C15H19N3O7S4. The minimum absolute atomic E-state index is 0.109. The van der Waals surface area contributed by atoms with Crippen LogP contribution in [0.4, 0.5) is 0 Å². The molecule has 0 radical (unpaired) electrons. The third kappa shape index (κ3) is 5.21. The van der Waals surface area contributed by atoms with Crippen LogP contribution in [0.3, 0.4) is 0 Å². The zero-order chi connectivity index (χ0) is 21.3. The smallest absolute Gasteiger partial charge is 0.252 e. The number of primary sulfonamides is 1. The fraction of sp³-hybridized carbons (Fsp3) is 0.333. The summed E-state index contributed by atoms with van der Waals surface area (Å²) < 4.78 is 81.5. The van der Waals surface area contributed by atoms with Gasteiger partial charge in [-0.3, -0.25) is 0 Å². The van der Waals surface area contributed by atoms with Crippen molar-refractivity contribution in [3.63, 3.8) is 0 Å². The maximum absolute atomic E-state index is 12.6. The lowest BCUT2D eigenvalue weighted by molar-refractivity contribution is 0.0731. The second-order valence-electron chi connectivity index (χ2n) is 6.08. The van der Waals surface area contributed by atoms with Gasteiger partial charge in [0, 0.05) is 24.5 Å². The van der Waals surface area contributed by atoms with E-state index in [1.807, 2.05) is 0 Å². The summed E-state index contributed by atoms with van der Waals surface area (Å²) in [6, 6.07) is 7.45. The third-order valence-electron chi connectivity index (χ3n) is 4.10. The molecule has 1 fully saturated rings. The standard InChI is InChI=1S/C15H19N3O7S4/c16-27(19,20)13-2-4-14(5-3-13)28(21,22)17-11-12-1-6-15(26-12)29(23,24)18-7-9-25-10-8-18/h1-6,17H,7-11H2,(H2,16,19,20). The molecule has 2 aromatic rings. The molecule has 0 saturated carbocycles. The SMILES string of the molecule is NS(=O)(=O)c1ccc(S(=O)(=O)NCc2ccc(S(=O)(=O)N3CCOCC3)s2)cc1. The molecule has 3 N–H and O–H groups in total. The largest absolute Gasteiger partial charge is 0.379 e. The molecule has 1 aromatic carbocycles. The molecular weight excluding hydrogens is 462 g/mol. The summed E-state index contributed by atoms with van der Waals surface area (Å²) >= 11 is 0.982. The van der Waals surface area contributed by atoms with E-state index >= 15 is 0 Å². The lowest BCUT2D eigenvalue weighted by Gasteiger charge is -2.25. The third-order valence-corrected chi connectivity index (χ3v) is 9.90. The highest BCUT2D eigenvalue weighted by molar-refractivity contribution is 7.91. The van der Waals surface area contributed by atoms with E-state index in [1.165, 1.54) is 10.4 Å². The summed E-state index contributed by atoms with van der Waals surface area (Å²) in [5.74, 6) is 0. The average molecular weight is 482 g/mol. The van der Waals surface area contributed by atoms with E-state index in [-0.39, 0.29) is 33.6 Å². The molecule has 0 spiro atoms. The van der Waals surface area contributed by atoms with Crippen LogP contribution in [0.15, 0.2) is 50.4 Å². The summed E-state index contributed by atoms with van der Waals surface area (Å²) in [5.41, 5.74) is 0. The number of nitrogens with one attached hydrogen (secondary N) is 1. The van der Waals surface area contributed by atoms with E-state index in [4.69, 9.17) is 9.88 Å². The highest BCUT2D eigenvalue weighted by Gasteiger charge is 2.28. The normalized spacial score (nSPS) is 16.7. The Morgan fingerprint density at radius 3 is 2.10 bits per heavy atom. The Kier molecular flexibility index (Phi) is 6.45. The summed E-state index contributed by atoms with van der Waals surface area (Å²) in [5, 5.41) is 4.99. The number of benzene rings is 1. The summed E-state index contributed by atoms with van der Waals surface area (Å²) in [6.45, 7) is 1.11. The molecule has 160 valence electrons. The lowest BCUT2D eigenvalue weighted by atomic mass is 10.4. The van der Waals surface area contributed by atoms with Gasteiger partial charge in [-0.1, -0.05) is 0 Å². The van der Waals surface area contributed by atoms with E-state index < -0.39 is 30.1 Å². The zero-order valence-corrected chi connectivity index (χ0v) is 18.3. The van der Waals surface area contributed by atoms with Crippen molar-refractivity contribution < 1.29 is 30.0 Å². The first kappa shape index (κ1) is 22.3. The van der Waals surface area contributed by atoms with Gasteiger partial charge in [-0.25, -0.2) is 35.1 Å². The van der Waals surface area contributed by atoms with Crippen molar-refractivity contribution in [2.75, 3.05) is 26.3 Å². The Morgan fingerprint density at radius 1 is 0.931 bits per heavy atom. The second-order valence-corrected chi connectivity index (χ2v) is 12.7. The van der Waals surface area contributed by atoms with Crippen LogP contribution in [0.2, 0.25) is 0 Å². The van der Waals surface area contributed by atoms with E-state index in [0.29, 0.717) is 18.1 Å². The molecule has 14 heteroatoms. The first-order chi connectivity index (χ1) is 13.5. The van der Waals surface area contributed by atoms with Gasteiger partial charge in [0.2, 0.25) is 20.0 Å². The fourth-order valence-corrected chi connectivity index (χ4v) is 7.04. The highest BCUT2D eigenvalue weighted by Crippen LogP contribution is 2.26. The molecule has 10 nitrogen and oxygen atoms in total. The number of thiophene rings is 1. The molecule has 2 heterocycles. The Morgan fingerprint density at radius 2 is 1.52 bits per heavy atom. The van der Waals surface area contributed by atoms with Crippen molar-refractivity contribution >= 4 is 41.4 Å². The van der Waals surface area contributed by atoms with Crippen LogP contribution in [0.25, 0.3) is 0 Å². The van der Waals surface area contributed by atoms with Gasteiger partial charge in [0.1, 0.15) is 4.21 Å². The molecule has 0 amide bonds. The Balaban J connectivity index is 1.70. The van der Waals surface area contributed by atoms with Gasteiger partial charge in [-0.15, -0.1) is 11.3 Å². The number of nitrogens with zero attached hydrogens (tertiary/aromatic N) is 1. The minimum atomic E-state index is -3.92. The molecule has 0 atom stereocenters. The number of rotatable bonds is 7. The van der Waals surface area contributed by atoms with Crippen molar-refractivity contribution in [3.05, 3.63) is 41.3 Å². The van der Waals surface area contributed by atoms with Crippen LogP contribution in [-0.4, -0.2) is 55.9 Å². The number of hydrogen-bond acceptors (Lipinski definition) is 8. The lowest BCUT2D eigenvalue weighted by Crippen LogP contribution is -2.40. The van der Waals surface area contributed by atoms with Crippen molar-refractivity contribution in [1.82, 2.24) is 9.03 Å². The predicted molar refractivity (Wildman–Crippen MR) is 106 cm³/mol. The second kappa shape index (κ2) is 8.39. The van der Waals surface area contributed by atoms with Crippen molar-refractivity contribution in [1.29, 1.82) is 0 Å². The van der Waals surface area contributed by atoms with Gasteiger partial charge in [-0.2, -0.15) is 4.31 Å². The number of sulfonamides is 3. The molecule has 0 unspecified atom stereocenters. The van der Waals surface area contributed by atoms with Crippen molar-refractivity contribution in [2.45, 2.75) is 20.5 Å². The first-order valence-corrected chi connectivity index (χ1v) is 13.6. The fourth-order valence-electron chi connectivity index (χ4n) is 2.56. The average Bonchev–Trinajstić information content (AvgIpc) is 3.17. The van der Waals surface area contributed by atoms with Gasteiger partial charge in [-0.05, 0) is 36.4 Å². The van der Waals surface area contributed by atoms with Gasteiger partial charge in [0.05, 0.1) is 23.0 Å². The number of hydrogen-bond donors (Lipinski definition) is 2. The zero-order valence-electron chi connectivity index (χ0n) is 15.0. The van der Waals surface area contributed by atoms with Crippen molar-refractivity contribution in [3.8, 4) is 0 Å². The van der Waals surface area contributed by atoms with E-state index in [1.54, 1.807) is 6.07 Å². The van der Waals surface area contributed by atoms with Crippen LogP contribution in [-0.2, 0) is 41.4 Å². The maximum Gasteiger partial charge on any atom is 0.252 e.